The topological polar surface area (TPSA) is 74.8 Å². The summed E-state index contributed by atoms with van der Waals surface area (Å²) in [5.41, 5.74) is 4.93. The number of halogens is 1. The number of rotatable bonds is 5. The zero-order valence-electron chi connectivity index (χ0n) is 18.1. The fraction of sp³-hybridized carbons (Fsp3) is 0.200. The molecule has 0 aliphatic rings. The highest BCUT2D eigenvalue weighted by molar-refractivity contribution is 6.31. The Morgan fingerprint density at radius 1 is 1.22 bits per heavy atom. The molecular weight excluding hydrogens is 422 g/mol. The number of hydrogen-bond acceptors (Lipinski definition) is 4. The molecule has 160 valence electrons. The lowest BCUT2D eigenvalue weighted by atomic mass is 10.00. The van der Waals surface area contributed by atoms with Crippen LogP contribution < -0.4 is 0 Å². The lowest BCUT2D eigenvalue weighted by molar-refractivity contribution is 0.0787. The highest BCUT2D eigenvalue weighted by Crippen LogP contribution is 2.29. The number of aromatic nitrogens is 3. The minimum absolute atomic E-state index is 0.154. The summed E-state index contributed by atoms with van der Waals surface area (Å²) in [5, 5.41) is 15.1. The molecule has 2 aromatic heterocycles. The van der Waals surface area contributed by atoms with E-state index >= 15 is 0 Å². The molecule has 0 N–H and O–H groups in total. The smallest absolute Gasteiger partial charge is 0.254 e. The zero-order chi connectivity index (χ0) is 22.8. The van der Waals surface area contributed by atoms with Gasteiger partial charge in [-0.1, -0.05) is 29.8 Å². The molecule has 0 bridgehead atoms. The number of amides is 1. The highest BCUT2D eigenvalue weighted by Gasteiger charge is 2.20. The highest BCUT2D eigenvalue weighted by atomic mass is 35.5. The summed E-state index contributed by atoms with van der Waals surface area (Å²) in [6.07, 6.45) is 1.80. The van der Waals surface area contributed by atoms with Gasteiger partial charge in [0.15, 0.2) is 0 Å². The quantitative estimate of drug-likeness (QED) is 0.423. The average Bonchev–Trinajstić information content (AvgIpc) is 3.16. The molecule has 32 heavy (non-hydrogen) atoms. The zero-order valence-corrected chi connectivity index (χ0v) is 18.9. The molecule has 4 aromatic rings. The molecule has 2 aromatic carbocycles. The van der Waals surface area contributed by atoms with E-state index in [1.807, 2.05) is 36.7 Å². The summed E-state index contributed by atoms with van der Waals surface area (Å²) < 4.78 is 1.91. The molecule has 0 aliphatic carbocycles. The van der Waals surface area contributed by atoms with Crippen LogP contribution in [0.3, 0.4) is 0 Å². The third kappa shape index (κ3) is 3.95. The van der Waals surface area contributed by atoms with E-state index in [9.17, 15) is 10.1 Å². The third-order valence-electron chi connectivity index (χ3n) is 5.58. The van der Waals surface area contributed by atoms with Crippen LogP contribution >= 0.6 is 11.6 Å². The monoisotopic (exact) mass is 443 g/mol. The summed E-state index contributed by atoms with van der Waals surface area (Å²) in [7, 11) is 1.77. The first-order valence-corrected chi connectivity index (χ1v) is 10.7. The van der Waals surface area contributed by atoms with Crippen molar-refractivity contribution in [1.29, 1.82) is 5.26 Å². The normalized spacial score (nSPS) is 10.8. The van der Waals surface area contributed by atoms with Gasteiger partial charge in [-0.05, 0) is 44.2 Å². The van der Waals surface area contributed by atoms with E-state index in [4.69, 9.17) is 16.6 Å². The summed E-state index contributed by atoms with van der Waals surface area (Å²) in [4.78, 5) is 19.9. The van der Waals surface area contributed by atoms with E-state index in [-0.39, 0.29) is 5.91 Å². The van der Waals surface area contributed by atoms with Crippen molar-refractivity contribution in [1.82, 2.24) is 19.7 Å². The first kappa shape index (κ1) is 21.5. The minimum Gasteiger partial charge on any atom is -0.337 e. The molecule has 7 heteroatoms. The maximum absolute atomic E-state index is 13.6. The van der Waals surface area contributed by atoms with Crippen molar-refractivity contribution in [2.24, 2.45) is 0 Å². The molecule has 0 unspecified atom stereocenters. The molecule has 1 amide bonds. The van der Waals surface area contributed by atoms with Gasteiger partial charge >= 0.3 is 0 Å². The van der Waals surface area contributed by atoms with Crippen molar-refractivity contribution in [2.45, 2.75) is 26.9 Å². The number of aryl methyl sites for hydroxylation is 1. The summed E-state index contributed by atoms with van der Waals surface area (Å²) in [6, 6.07) is 16.5. The van der Waals surface area contributed by atoms with Crippen LogP contribution in [0, 0.1) is 18.3 Å². The van der Waals surface area contributed by atoms with Gasteiger partial charge in [-0.2, -0.15) is 10.4 Å². The summed E-state index contributed by atoms with van der Waals surface area (Å²) in [5.74, 6) is -0.154. The third-order valence-corrected chi connectivity index (χ3v) is 5.82. The van der Waals surface area contributed by atoms with Gasteiger partial charge in [0.1, 0.15) is 0 Å². The number of nitrogens with zero attached hydrogens (tertiary/aromatic N) is 5. The van der Waals surface area contributed by atoms with E-state index in [2.05, 4.69) is 11.2 Å². The molecule has 0 aliphatic heterocycles. The molecule has 0 radical (unpaired) electrons. The Hall–Kier alpha value is -3.69. The Morgan fingerprint density at radius 3 is 2.72 bits per heavy atom. The second kappa shape index (κ2) is 8.81. The number of nitriles is 1. The first-order valence-electron chi connectivity index (χ1n) is 10.3. The molecule has 0 atom stereocenters. The largest absolute Gasteiger partial charge is 0.337 e. The second-order valence-electron chi connectivity index (χ2n) is 7.61. The van der Waals surface area contributed by atoms with Gasteiger partial charge < -0.3 is 4.90 Å². The van der Waals surface area contributed by atoms with Crippen molar-refractivity contribution in [3.63, 3.8) is 0 Å². The molecule has 0 fully saturated rings. The van der Waals surface area contributed by atoms with Crippen molar-refractivity contribution < 1.29 is 4.79 Å². The van der Waals surface area contributed by atoms with Gasteiger partial charge in [0.05, 0.1) is 34.6 Å². The van der Waals surface area contributed by atoms with Crippen LogP contribution in [0.4, 0.5) is 0 Å². The Kier molecular flexibility index (Phi) is 5.93. The minimum atomic E-state index is -0.154. The van der Waals surface area contributed by atoms with E-state index < -0.39 is 0 Å². The van der Waals surface area contributed by atoms with Crippen LogP contribution in [0.25, 0.3) is 22.2 Å². The average molecular weight is 444 g/mol. The van der Waals surface area contributed by atoms with Gasteiger partial charge in [-0.25, -0.2) is 4.98 Å². The van der Waals surface area contributed by atoms with Crippen LogP contribution in [0.5, 0.6) is 0 Å². The standard InChI is InChI=1S/C25H22ClN5O/c1-4-31-16(2)18(14-28-31)15-30(3)25(32)22-12-24(20-8-6-5-7-17(20)13-27)29-23-10-9-19(26)11-21(22)23/h5-12,14H,4,15H2,1-3H3. The molecule has 0 saturated heterocycles. The maximum atomic E-state index is 13.6. The number of carbonyl (C=O) groups is 1. The second-order valence-corrected chi connectivity index (χ2v) is 8.04. The number of pyridine rings is 1. The Labute approximate surface area is 191 Å². The Balaban J connectivity index is 1.81. The van der Waals surface area contributed by atoms with Gasteiger partial charge in [0, 0.05) is 47.4 Å². The number of hydrogen-bond donors (Lipinski definition) is 0. The molecule has 4 rings (SSSR count). The predicted molar refractivity (Wildman–Crippen MR) is 125 cm³/mol. The maximum Gasteiger partial charge on any atom is 0.254 e. The van der Waals surface area contributed by atoms with Crippen molar-refractivity contribution in [3.8, 4) is 17.3 Å². The lowest BCUT2D eigenvalue weighted by Gasteiger charge is -2.19. The van der Waals surface area contributed by atoms with E-state index in [1.165, 1.54) is 0 Å². The van der Waals surface area contributed by atoms with E-state index in [1.54, 1.807) is 48.5 Å². The SMILES string of the molecule is CCn1ncc(CN(C)C(=O)c2cc(-c3ccccc3C#N)nc3ccc(Cl)cc23)c1C. The first-order chi connectivity index (χ1) is 15.4. The van der Waals surface area contributed by atoms with Gasteiger partial charge in [-0.15, -0.1) is 0 Å². The number of benzene rings is 2. The molecule has 0 saturated carbocycles. The molecule has 2 heterocycles. The van der Waals surface area contributed by atoms with Crippen LogP contribution in [-0.2, 0) is 13.1 Å². The number of carbonyl (C=O) groups excluding carboxylic acids is 1. The van der Waals surface area contributed by atoms with E-state index in [0.29, 0.717) is 44.9 Å². The molecular formula is C25H22ClN5O. The Bertz CT molecular complexity index is 1370. The van der Waals surface area contributed by atoms with Crippen molar-refractivity contribution in [2.75, 3.05) is 7.05 Å². The predicted octanol–water partition coefficient (Wildman–Crippen LogP) is 5.22. The van der Waals surface area contributed by atoms with E-state index in [0.717, 1.165) is 17.8 Å². The fourth-order valence-electron chi connectivity index (χ4n) is 3.81. The van der Waals surface area contributed by atoms with Crippen LogP contribution in [0.15, 0.2) is 54.7 Å². The van der Waals surface area contributed by atoms with Crippen molar-refractivity contribution in [3.05, 3.63) is 82.1 Å². The number of fused-ring (bicyclic) bond motifs is 1. The Morgan fingerprint density at radius 2 is 2.00 bits per heavy atom. The molecule has 0 spiro atoms. The van der Waals surface area contributed by atoms with Crippen LogP contribution in [-0.4, -0.2) is 32.6 Å². The van der Waals surface area contributed by atoms with Crippen LogP contribution in [0.2, 0.25) is 5.02 Å². The van der Waals surface area contributed by atoms with Gasteiger partial charge in [0.2, 0.25) is 0 Å². The van der Waals surface area contributed by atoms with Gasteiger partial charge in [-0.3, -0.25) is 9.48 Å². The van der Waals surface area contributed by atoms with Crippen molar-refractivity contribution >= 4 is 28.4 Å². The van der Waals surface area contributed by atoms with Crippen LogP contribution in [0.1, 0.15) is 34.1 Å². The molecule has 6 nitrogen and oxygen atoms in total. The fourth-order valence-corrected chi connectivity index (χ4v) is 3.98. The summed E-state index contributed by atoms with van der Waals surface area (Å²) >= 11 is 6.24. The van der Waals surface area contributed by atoms with Gasteiger partial charge in [0.25, 0.3) is 5.91 Å². The lowest BCUT2D eigenvalue weighted by Crippen LogP contribution is -2.26. The summed E-state index contributed by atoms with van der Waals surface area (Å²) in [6.45, 7) is 5.24.